The van der Waals surface area contributed by atoms with E-state index in [4.69, 9.17) is 4.74 Å². The first-order valence-corrected chi connectivity index (χ1v) is 5.53. The van der Waals surface area contributed by atoms with Gasteiger partial charge in [0.1, 0.15) is 6.10 Å². The van der Waals surface area contributed by atoms with Gasteiger partial charge in [0.15, 0.2) is 0 Å². The van der Waals surface area contributed by atoms with Crippen molar-refractivity contribution in [1.29, 1.82) is 0 Å². The summed E-state index contributed by atoms with van der Waals surface area (Å²) in [5.74, 6) is -0.0221. The van der Waals surface area contributed by atoms with Gasteiger partial charge in [-0.2, -0.15) is 0 Å². The van der Waals surface area contributed by atoms with E-state index in [2.05, 4.69) is 31.0 Å². The summed E-state index contributed by atoms with van der Waals surface area (Å²) >= 11 is 0. The normalized spacial score (nSPS) is 24.7. The molecule has 0 aromatic rings. The minimum atomic E-state index is -0.322. The van der Waals surface area contributed by atoms with Crippen LogP contribution in [0.2, 0.25) is 0 Å². The Morgan fingerprint density at radius 3 is 2.67 bits per heavy atom. The van der Waals surface area contributed by atoms with Crippen molar-refractivity contribution < 1.29 is 9.53 Å². The third-order valence-electron chi connectivity index (χ3n) is 2.77. The number of hydrogen-bond acceptors (Lipinski definition) is 3. The molecule has 1 heterocycles. The summed E-state index contributed by atoms with van der Waals surface area (Å²) in [6.07, 6.45) is 0.668. The smallest absolute Gasteiger partial charge is 0.250 e. The van der Waals surface area contributed by atoms with Crippen molar-refractivity contribution in [2.24, 2.45) is 0 Å². The minimum absolute atomic E-state index is 0.0221. The van der Waals surface area contributed by atoms with Crippen molar-refractivity contribution in [1.82, 2.24) is 10.2 Å². The molecule has 0 aromatic heterocycles. The Morgan fingerprint density at radius 1 is 1.47 bits per heavy atom. The van der Waals surface area contributed by atoms with Crippen molar-refractivity contribution in [2.75, 3.05) is 26.7 Å². The highest BCUT2D eigenvalue weighted by atomic mass is 16.5. The molecule has 1 rings (SSSR count). The summed E-state index contributed by atoms with van der Waals surface area (Å²) in [7, 11) is 1.65. The third-order valence-corrected chi connectivity index (χ3v) is 2.77. The van der Waals surface area contributed by atoms with Crippen LogP contribution in [-0.4, -0.2) is 49.2 Å². The molecular weight excluding hydrogens is 192 g/mol. The summed E-state index contributed by atoms with van der Waals surface area (Å²) in [6, 6.07) is 0. The third kappa shape index (κ3) is 3.47. The molecular formula is C11H22N2O2. The first-order valence-electron chi connectivity index (χ1n) is 5.53. The Hall–Kier alpha value is -0.610. The highest BCUT2D eigenvalue weighted by molar-refractivity contribution is 5.80. The maximum Gasteiger partial charge on any atom is 0.250 e. The zero-order valence-electron chi connectivity index (χ0n) is 10.2. The average molecular weight is 214 g/mol. The van der Waals surface area contributed by atoms with Gasteiger partial charge in [-0.3, -0.25) is 9.69 Å². The van der Waals surface area contributed by atoms with Crippen LogP contribution in [0.4, 0.5) is 0 Å². The predicted molar refractivity (Wildman–Crippen MR) is 59.7 cm³/mol. The minimum Gasteiger partial charge on any atom is -0.367 e. The second-order valence-corrected chi connectivity index (χ2v) is 4.94. The largest absolute Gasteiger partial charge is 0.367 e. The molecule has 1 saturated heterocycles. The lowest BCUT2D eigenvalue weighted by atomic mass is 10.1. The number of likely N-dealkylation sites (N-methyl/N-ethyl adjacent to an activating group) is 1. The van der Waals surface area contributed by atoms with E-state index in [0.29, 0.717) is 13.2 Å². The van der Waals surface area contributed by atoms with Gasteiger partial charge in [0, 0.05) is 32.3 Å². The van der Waals surface area contributed by atoms with Crippen LogP contribution in [0.1, 0.15) is 27.2 Å². The molecule has 4 heteroatoms. The van der Waals surface area contributed by atoms with E-state index in [1.54, 1.807) is 7.05 Å². The summed E-state index contributed by atoms with van der Waals surface area (Å²) < 4.78 is 5.53. The van der Waals surface area contributed by atoms with Crippen molar-refractivity contribution in [2.45, 2.75) is 38.8 Å². The quantitative estimate of drug-likeness (QED) is 0.696. The fourth-order valence-electron chi connectivity index (χ4n) is 1.75. The Kier molecular flexibility index (Phi) is 4.11. The standard InChI is InChI=1S/C11H22N2O2/c1-11(2,3)13-6-5-7-15-9(8-13)10(14)12-4/h9H,5-8H2,1-4H3,(H,12,14)/t9-/m0/s1. The molecule has 1 aliphatic rings. The molecule has 15 heavy (non-hydrogen) atoms. The van der Waals surface area contributed by atoms with Gasteiger partial charge in [0.2, 0.25) is 5.91 Å². The molecule has 0 saturated carbocycles. The molecule has 0 aliphatic carbocycles. The Balaban J connectivity index is 2.65. The molecule has 1 atom stereocenters. The molecule has 0 aromatic carbocycles. The van der Waals surface area contributed by atoms with Crippen molar-refractivity contribution in [3.63, 3.8) is 0 Å². The molecule has 0 unspecified atom stereocenters. The Labute approximate surface area is 92.0 Å². The lowest BCUT2D eigenvalue weighted by Crippen LogP contribution is -2.48. The van der Waals surface area contributed by atoms with E-state index in [9.17, 15) is 4.79 Å². The Morgan fingerprint density at radius 2 is 2.13 bits per heavy atom. The topological polar surface area (TPSA) is 41.6 Å². The number of nitrogens with one attached hydrogen (secondary N) is 1. The van der Waals surface area contributed by atoms with Crippen molar-refractivity contribution in [3.8, 4) is 0 Å². The van der Waals surface area contributed by atoms with Crippen molar-refractivity contribution in [3.05, 3.63) is 0 Å². The molecule has 1 fully saturated rings. The number of carbonyl (C=O) groups is 1. The second-order valence-electron chi connectivity index (χ2n) is 4.94. The van der Waals surface area contributed by atoms with Gasteiger partial charge >= 0.3 is 0 Å². The molecule has 0 spiro atoms. The lowest BCUT2D eigenvalue weighted by Gasteiger charge is -2.35. The summed E-state index contributed by atoms with van der Waals surface area (Å²) in [6.45, 7) is 8.85. The van der Waals surface area contributed by atoms with Crippen LogP contribution in [0.3, 0.4) is 0 Å². The number of hydrogen-bond donors (Lipinski definition) is 1. The first-order chi connectivity index (χ1) is 6.95. The van der Waals surface area contributed by atoms with Crippen LogP contribution in [0, 0.1) is 0 Å². The van der Waals surface area contributed by atoms with Crippen LogP contribution in [0.5, 0.6) is 0 Å². The fourth-order valence-corrected chi connectivity index (χ4v) is 1.75. The van der Waals surface area contributed by atoms with Crippen LogP contribution >= 0.6 is 0 Å². The van der Waals surface area contributed by atoms with Gasteiger partial charge in [-0.05, 0) is 27.2 Å². The number of nitrogens with zero attached hydrogens (tertiary/aromatic N) is 1. The van der Waals surface area contributed by atoms with Gasteiger partial charge in [-0.25, -0.2) is 0 Å². The average Bonchev–Trinajstić information content (AvgIpc) is 2.40. The first kappa shape index (κ1) is 12.5. The molecule has 4 nitrogen and oxygen atoms in total. The van der Waals surface area contributed by atoms with Crippen LogP contribution in [0.15, 0.2) is 0 Å². The number of amides is 1. The molecule has 0 radical (unpaired) electrons. The van der Waals surface area contributed by atoms with Gasteiger partial charge in [-0.1, -0.05) is 0 Å². The number of ether oxygens (including phenoxy) is 1. The van der Waals surface area contributed by atoms with Gasteiger partial charge in [0.05, 0.1) is 0 Å². The molecule has 0 bridgehead atoms. The predicted octanol–water partition coefficient (Wildman–Crippen LogP) is 0.622. The van der Waals surface area contributed by atoms with Gasteiger partial charge in [-0.15, -0.1) is 0 Å². The van der Waals surface area contributed by atoms with E-state index in [-0.39, 0.29) is 17.6 Å². The van der Waals surface area contributed by atoms with E-state index in [0.717, 1.165) is 13.0 Å². The van der Waals surface area contributed by atoms with Crippen LogP contribution in [-0.2, 0) is 9.53 Å². The van der Waals surface area contributed by atoms with Crippen LogP contribution < -0.4 is 5.32 Å². The van der Waals surface area contributed by atoms with E-state index in [1.807, 2.05) is 0 Å². The van der Waals surface area contributed by atoms with E-state index >= 15 is 0 Å². The molecule has 1 N–H and O–H groups in total. The van der Waals surface area contributed by atoms with E-state index < -0.39 is 0 Å². The maximum atomic E-state index is 11.5. The van der Waals surface area contributed by atoms with Crippen molar-refractivity contribution >= 4 is 5.91 Å². The zero-order chi connectivity index (χ0) is 11.5. The Bertz CT molecular complexity index is 223. The fraction of sp³-hybridized carbons (Fsp3) is 0.909. The highest BCUT2D eigenvalue weighted by Crippen LogP contribution is 2.17. The summed E-state index contributed by atoms with van der Waals surface area (Å²) in [5, 5.41) is 2.64. The zero-order valence-corrected chi connectivity index (χ0v) is 10.2. The molecule has 1 aliphatic heterocycles. The van der Waals surface area contributed by atoms with E-state index in [1.165, 1.54) is 0 Å². The second kappa shape index (κ2) is 4.94. The number of carbonyl (C=O) groups excluding carboxylic acids is 1. The lowest BCUT2D eigenvalue weighted by molar-refractivity contribution is -0.132. The molecule has 1 amide bonds. The maximum absolute atomic E-state index is 11.5. The van der Waals surface area contributed by atoms with Gasteiger partial charge in [0.25, 0.3) is 0 Å². The number of rotatable bonds is 1. The molecule has 88 valence electrons. The van der Waals surface area contributed by atoms with Gasteiger partial charge < -0.3 is 10.1 Å². The summed E-state index contributed by atoms with van der Waals surface area (Å²) in [5.41, 5.74) is 0.0972. The SMILES string of the molecule is CNC(=O)[C@@H]1CN(C(C)(C)C)CCCO1. The summed E-state index contributed by atoms with van der Waals surface area (Å²) in [4.78, 5) is 13.8. The monoisotopic (exact) mass is 214 g/mol. The van der Waals surface area contributed by atoms with Crippen LogP contribution in [0.25, 0.3) is 0 Å². The highest BCUT2D eigenvalue weighted by Gasteiger charge is 2.29.